The lowest BCUT2D eigenvalue weighted by Gasteiger charge is -2.21. The first-order valence-electron chi connectivity index (χ1n) is 6.81. The van der Waals surface area contributed by atoms with Gasteiger partial charge in [-0.1, -0.05) is 18.0 Å². The van der Waals surface area contributed by atoms with Crippen LogP contribution in [0.25, 0.3) is 0 Å². The number of nitrogens with one attached hydrogen (secondary N) is 1. The minimum absolute atomic E-state index is 0. The minimum Gasteiger partial charge on any atom is -0.486 e. The van der Waals surface area contributed by atoms with Crippen molar-refractivity contribution in [3.05, 3.63) is 17.2 Å². The molecule has 1 fully saturated rings. The van der Waals surface area contributed by atoms with E-state index >= 15 is 0 Å². The molecule has 1 aromatic carbocycles. The first-order chi connectivity index (χ1) is 9.65. The number of anilines is 1. The lowest BCUT2D eigenvalue weighted by molar-refractivity contribution is -0.120. The van der Waals surface area contributed by atoms with Gasteiger partial charge in [0.1, 0.15) is 13.2 Å². The zero-order chi connectivity index (χ0) is 14.1. The molecular weight excluding hydrogens is 315 g/mol. The number of ether oxygens (including phenoxy) is 2. The fourth-order valence-electron chi connectivity index (χ4n) is 2.70. The Morgan fingerprint density at radius 3 is 2.52 bits per heavy atom. The van der Waals surface area contributed by atoms with Crippen molar-refractivity contribution in [3.8, 4) is 11.5 Å². The van der Waals surface area contributed by atoms with Crippen molar-refractivity contribution >= 4 is 35.6 Å². The second-order valence-electron chi connectivity index (χ2n) is 5.17. The number of nitrogens with two attached hydrogens (primary N) is 1. The van der Waals surface area contributed by atoms with Gasteiger partial charge in [0.05, 0.1) is 16.6 Å². The largest absolute Gasteiger partial charge is 0.486 e. The Morgan fingerprint density at radius 2 is 1.90 bits per heavy atom. The van der Waals surface area contributed by atoms with Gasteiger partial charge >= 0.3 is 0 Å². The Kier molecular flexibility index (Phi) is 5.19. The third-order valence-corrected chi connectivity index (χ3v) is 4.11. The molecule has 1 aliphatic heterocycles. The molecule has 2 unspecified atom stereocenters. The molecule has 0 saturated heterocycles. The number of halogens is 2. The van der Waals surface area contributed by atoms with E-state index in [0.29, 0.717) is 35.4 Å². The highest BCUT2D eigenvalue weighted by atomic mass is 35.5. The molecule has 0 spiro atoms. The van der Waals surface area contributed by atoms with Crippen molar-refractivity contribution in [2.45, 2.75) is 25.3 Å². The maximum Gasteiger partial charge on any atom is 0.229 e. The molecular formula is C14H18Cl2N2O3. The molecule has 1 amide bonds. The summed E-state index contributed by atoms with van der Waals surface area (Å²) in [7, 11) is 0. The molecule has 2 atom stereocenters. The van der Waals surface area contributed by atoms with Crippen molar-refractivity contribution in [3.63, 3.8) is 0 Å². The molecule has 1 saturated carbocycles. The summed E-state index contributed by atoms with van der Waals surface area (Å²) in [6, 6.07) is 3.31. The molecule has 0 bridgehead atoms. The molecule has 3 N–H and O–H groups in total. The van der Waals surface area contributed by atoms with Gasteiger partial charge in [0, 0.05) is 18.2 Å². The molecule has 1 aromatic rings. The van der Waals surface area contributed by atoms with Crippen molar-refractivity contribution in [2.24, 2.45) is 11.7 Å². The van der Waals surface area contributed by atoms with E-state index in [2.05, 4.69) is 5.32 Å². The van der Waals surface area contributed by atoms with E-state index in [0.717, 1.165) is 19.3 Å². The molecule has 0 radical (unpaired) electrons. The van der Waals surface area contributed by atoms with Crippen LogP contribution in [0.3, 0.4) is 0 Å². The van der Waals surface area contributed by atoms with E-state index in [-0.39, 0.29) is 30.3 Å². The molecule has 116 valence electrons. The highest BCUT2D eigenvalue weighted by molar-refractivity contribution is 6.34. The average Bonchev–Trinajstić information content (AvgIpc) is 2.86. The predicted molar refractivity (Wildman–Crippen MR) is 83.6 cm³/mol. The van der Waals surface area contributed by atoms with Gasteiger partial charge < -0.3 is 20.5 Å². The summed E-state index contributed by atoms with van der Waals surface area (Å²) in [6.07, 6.45) is 2.72. The molecule has 7 heteroatoms. The van der Waals surface area contributed by atoms with Crippen LogP contribution in [0, 0.1) is 5.92 Å². The van der Waals surface area contributed by atoms with Crippen LogP contribution in [0.2, 0.25) is 5.02 Å². The molecule has 1 heterocycles. The van der Waals surface area contributed by atoms with Gasteiger partial charge in [0.15, 0.2) is 11.5 Å². The Labute approximate surface area is 134 Å². The summed E-state index contributed by atoms with van der Waals surface area (Å²) >= 11 is 6.17. The topological polar surface area (TPSA) is 73.6 Å². The summed E-state index contributed by atoms with van der Waals surface area (Å²) in [5, 5.41) is 3.29. The van der Waals surface area contributed by atoms with Gasteiger partial charge in [0.25, 0.3) is 0 Å². The van der Waals surface area contributed by atoms with Gasteiger partial charge in [-0.3, -0.25) is 4.79 Å². The Morgan fingerprint density at radius 1 is 1.24 bits per heavy atom. The number of carbonyl (C=O) groups is 1. The SMILES string of the molecule is Cl.NC1CCCC1C(=O)Nc1cc2c(cc1Cl)OCCO2. The molecule has 21 heavy (non-hydrogen) atoms. The quantitative estimate of drug-likeness (QED) is 0.872. The van der Waals surface area contributed by atoms with E-state index in [4.69, 9.17) is 26.8 Å². The zero-order valence-electron chi connectivity index (χ0n) is 11.4. The maximum atomic E-state index is 12.2. The third-order valence-electron chi connectivity index (χ3n) is 3.80. The van der Waals surface area contributed by atoms with Gasteiger partial charge in [0.2, 0.25) is 5.91 Å². The number of hydrogen-bond donors (Lipinski definition) is 2. The van der Waals surface area contributed by atoms with Crippen molar-refractivity contribution in [1.82, 2.24) is 0 Å². The summed E-state index contributed by atoms with van der Waals surface area (Å²) in [4.78, 5) is 12.2. The predicted octanol–water partition coefficient (Wildman–Crippen LogP) is 2.60. The van der Waals surface area contributed by atoms with Crippen LogP contribution in [0.4, 0.5) is 5.69 Å². The molecule has 0 aromatic heterocycles. The lowest BCUT2D eigenvalue weighted by Crippen LogP contribution is -2.34. The van der Waals surface area contributed by atoms with Crippen LogP contribution in [0.5, 0.6) is 11.5 Å². The Bertz CT molecular complexity index is 539. The van der Waals surface area contributed by atoms with Crippen LogP contribution < -0.4 is 20.5 Å². The van der Waals surface area contributed by atoms with Crippen LogP contribution in [-0.2, 0) is 4.79 Å². The second kappa shape index (κ2) is 6.73. The van der Waals surface area contributed by atoms with Crippen LogP contribution in [0.15, 0.2) is 12.1 Å². The highest BCUT2D eigenvalue weighted by Gasteiger charge is 2.30. The first kappa shape index (κ1) is 16.2. The molecule has 1 aliphatic carbocycles. The fourth-order valence-corrected chi connectivity index (χ4v) is 2.90. The fraction of sp³-hybridized carbons (Fsp3) is 0.500. The molecule has 5 nitrogen and oxygen atoms in total. The van der Waals surface area contributed by atoms with Gasteiger partial charge in [-0.05, 0) is 12.8 Å². The number of hydrogen-bond acceptors (Lipinski definition) is 4. The van der Waals surface area contributed by atoms with Crippen molar-refractivity contribution in [2.75, 3.05) is 18.5 Å². The monoisotopic (exact) mass is 332 g/mol. The second-order valence-corrected chi connectivity index (χ2v) is 5.57. The highest BCUT2D eigenvalue weighted by Crippen LogP contribution is 2.38. The zero-order valence-corrected chi connectivity index (χ0v) is 13.0. The van der Waals surface area contributed by atoms with Crippen molar-refractivity contribution < 1.29 is 14.3 Å². The van der Waals surface area contributed by atoms with Crippen LogP contribution in [-0.4, -0.2) is 25.2 Å². The maximum absolute atomic E-state index is 12.2. The number of fused-ring (bicyclic) bond motifs is 1. The van der Waals surface area contributed by atoms with Crippen LogP contribution >= 0.6 is 24.0 Å². The van der Waals surface area contributed by atoms with Crippen molar-refractivity contribution in [1.29, 1.82) is 0 Å². The number of benzene rings is 1. The van der Waals surface area contributed by atoms with Gasteiger partial charge in [-0.2, -0.15) is 0 Å². The van der Waals surface area contributed by atoms with E-state index in [9.17, 15) is 4.79 Å². The summed E-state index contributed by atoms with van der Waals surface area (Å²) < 4.78 is 10.9. The Balaban J connectivity index is 0.00000161. The van der Waals surface area contributed by atoms with E-state index in [1.54, 1.807) is 12.1 Å². The third kappa shape index (κ3) is 3.36. The summed E-state index contributed by atoms with van der Waals surface area (Å²) in [5.41, 5.74) is 6.49. The van der Waals surface area contributed by atoms with E-state index in [1.807, 2.05) is 0 Å². The average molecular weight is 333 g/mol. The van der Waals surface area contributed by atoms with E-state index in [1.165, 1.54) is 0 Å². The Hall–Kier alpha value is -1.17. The number of rotatable bonds is 2. The standard InChI is InChI=1S/C14H17ClN2O3.ClH/c15-9-6-12-13(20-5-4-19-12)7-11(9)17-14(18)8-2-1-3-10(8)16;/h6-8,10H,1-5,16H2,(H,17,18);1H. The molecule has 3 rings (SSSR count). The normalized spacial score (nSPS) is 23.3. The van der Waals surface area contributed by atoms with Crippen LogP contribution in [0.1, 0.15) is 19.3 Å². The van der Waals surface area contributed by atoms with Gasteiger partial charge in [-0.15, -0.1) is 12.4 Å². The first-order valence-corrected chi connectivity index (χ1v) is 7.18. The summed E-state index contributed by atoms with van der Waals surface area (Å²) in [5.74, 6) is 0.997. The molecule has 2 aliphatic rings. The smallest absolute Gasteiger partial charge is 0.229 e. The van der Waals surface area contributed by atoms with E-state index < -0.39 is 0 Å². The minimum atomic E-state index is -0.140. The number of amides is 1. The van der Waals surface area contributed by atoms with Gasteiger partial charge in [-0.25, -0.2) is 0 Å². The number of carbonyl (C=O) groups excluding carboxylic acids is 1. The summed E-state index contributed by atoms with van der Waals surface area (Å²) in [6.45, 7) is 1.00. The lowest BCUT2D eigenvalue weighted by atomic mass is 10.0.